The molecule has 12 heteroatoms. The second-order valence-corrected chi connectivity index (χ2v) is 4.89. The van der Waals surface area contributed by atoms with E-state index < -0.39 is 39.9 Å². The molecule has 0 saturated carbocycles. The Morgan fingerprint density at radius 1 is 1.21 bits per heavy atom. The highest BCUT2D eigenvalue weighted by atomic mass is 35.5. The van der Waals surface area contributed by atoms with Crippen LogP contribution in [0.3, 0.4) is 0 Å². The molecule has 1 aromatic rings. The quantitative estimate of drug-likeness (QED) is 0.414. The average Bonchev–Trinajstić information content (AvgIpc) is 2.42. The maximum atomic E-state index is 13.4. The highest BCUT2D eigenvalue weighted by molar-refractivity contribution is 5.85. The third-order valence-corrected chi connectivity index (χ3v) is 3.43. The highest BCUT2D eigenvalue weighted by Crippen LogP contribution is 2.44. The van der Waals surface area contributed by atoms with Crippen molar-refractivity contribution in [2.45, 2.75) is 12.2 Å². The molecule has 0 aromatic heterocycles. The fraction of sp³-hybridized carbons (Fsp3) is 0.500. The van der Waals surface area contributed by atoms with E-state index in [1.807, 2.05) is 0 Å². The number of phenols is 2. The lowest BCUT2D eigenvalue weighted by atomic mass is 10.0. The molecule has 0 aliphatic carbocycles. The molecule has 1 aromatic carbocycles. The highest BCUT2D eigenvalue weighted by Gasteiger charge is 2.46. The second kappa shape index (κ2) is 8.56. The van der Waals surface area contributed by atoms with E-state index in [0.717, 1.165) is 4.90 Å². The predicted molar refractivity (Wildman–Crippen MR) is 84.2 cm³/mol. The molecular formula is C12H16Cl2F3N3O4. The molecule has 138 valence electrons. The van der Waals surface area contributed by atoms with Gasteiger partial charge in [0.1, 0.15) is 6.04 Å². The van der Waals surface area contributed by atoms with Crippen LogP contribution in [0.25, 0.3) is 0 Å². The molecule has 7 nitrogen and oxygen atoms in total. The zero-order valence-electron chi connectivity index (χ0n) is 12.1. The van der Waals surface area contributed by atoms with Gasteiger partial charge < -0.3 is 15.5 Å². The maximum Gasteiger partial charge on any atom is 0.408 e. The minimum absolute atomic E-state index is 0. The van der Waals surface area contributed by atoms with Gasteiger partial charge in [0.25, 0.3) is 0 Å². The molecule has 1 aliphatic rings. The molecule has 1 saturated heterocycles. The van der Waals surface area contributed by atoms with E-state index in [1.54, 1.807) is 0 Å². The summed E-state index contributed by atoms with van der Waals surface area (Å²) in [7, 11) is 0. The number of aromatic hydroxyl groups is 2. The van der Waals surface area contributed by atoms with Gasteiger partial charge in [-0.25, -0.2) is 0 Å². The number of alkyl halides is 3. The molecule has 0 bridgehead atoms. The summed E-state index contributed by atoms with van der Waals surface area (Å²) in [5.41, 5.74) is -1.43. The number of halogens is 5. The van der Waals surface area contributed by atoms with Crippen LogP contribution in [0.15, 0.2) is 12.1 Å². The third kappa shape index (κ3) is 4.76. The van der Waals surface area contributed by atoms with Crippen LogP contribution in [0.1, 0.15) is 11.6 Å². The van der Waals surface area contributed by atoms with E-state index in [9.17, 15) is 33.5 Å². The van der Waals surface area contributed by atoms with E-state index in [4.69, 9.17) is 0 Å². The third-order valence-electron chi connectivity index (χ3n) is 3.43. The first kappa shape index (κ1) is 22.5. The first-order valence-corrected chi connectivity index (χ1v) is 6.43. The van der Waals surface area contributed by atoms with E-state index in [0.29, 0.717) is 25.2 Å². The predicted octanol–water partition coefficient (Wildman–Crippen LogP) is 2.36. The van der Waals surface area contributed by atoms with E-state index in [2.05, 4.69) is 5.32 Å². The summed E-state index contributed by atoms with van der Waals surface area (Å²) in [6, 6.07) is -0.725. The molecule has 0 spiro atoms. The van der Waals surface area contributed by atoms with Gasteiger partial charge in [0.05, 0.1) is 4.92 Å². The molecule has 0 amide bonds. The number of nitro groups is 1. The van der Waals surface area contributed by atoms with Crippen LogP contribution in [0.2, 0.25) is 0 Å². The summed E-state index contributed by atoms with van der Waals surface area (Å²) in [6.45, 7) is 0.941. The van der Waals surface area contributed by atoms with Crippen LogP contribution < -0.4 is 5.32 Å². The number of hydrogen-bond donors (Lipinski definition) is 3. The van der Waals surface area contributed by atoms with Crippen molar-refractivity contribution in [3.63, 3.8) is 0 Å². The van der Waals surface area contributed by atoms with Crippen LogP contribution in [0.5, 0.6) is 11.5 Å². The fourth-order valence-corrected chi connectivity index (χ4v) is 2.47. The lowest BCUT2D eigenvalue weighted by Crippen LogP contribution is -2.49. The Hall–Kier alpha value is -1.49. The maximum absolute atomic E-state index is 13.4. The van der Waals surface area contributed by atoms with Gasteiger partial charge >= 0.3 is 11.9 Å². The van der Waals surface area contributed by atoms with Gasteiger partial charge in [0, 0.05) is 32.2 Å². The second-order valence-electron chi connectivity index (χ2n) is 4.89. The Kier molecular flexibility index (Phi) is 8.03. The Morgan fingerprint density at radius 3 is 2.21 bits per heavy atom. The van der Waals surface area contributed by atoms with Crippen LogP contribution in [-0.4, -0.2) is 52.4 Å². The van der Waals surface area contributed by atoms with Gasteiger partial charge in [-0.2, -0.15) is 13.2 Å². The minimum Gasteiger partial charge on any atom is -0.504 e. The Labute approximate surface area is 147 Å². The first-order chi connectivity index (χ1) is 10.2. The lowest BCUT2D eigenvalue weighted by molar-refractivity contribution is -0.386. The molecule has 2 rings (SSSR count). The van der Waals surface area contributed by atoms with Gasteiger partial charge in [-0.1, -0.05) is 0 Å². The molecular weight excluding hydrogens is 378 g/mol. The largest absolute Gasteiger partial charge is 0.504 e. The molecule has 1 atom stereocenters. The Balaban J connectivity index is 0.00000264. The number of nitro benzene ring substituents is 1. The van der Waals surface area contributed by atoms with Crippen LogP contribution in [0, 0.1) is 10.1 Å². The van der Waals surface area contributed by atoms with Gasteiger partial charge in [-0.15, -0.1) is 24.8 Å². The zero-order chi connectivity index (χ0) is 16.5. The molecule has 1 heterocycles. The number of hydrogen-bond acceptors (Lipinski definition) is 6. The lowest BCUT2D eigenvalue weighted by Gasteiger charge is -2.36. The van der Waals surface area contributed by atoms with Crippen molar-refractivity contribution in [2.75, 3.05) is 26.2 Å². The van der Waals surface area contributed by atoms with E-state index in [-0.39, 0.29) is 37.9 Å². The smallest absolute Gasteiger partial charge is 0.408 e. The standard InChI is InChI=1S/C12H14F3N3O4.2ClH/c13-12(14,15)11(17-3-1-16-2-4-17)7-5-8(18(21)22)10(20)9(19)6-7;;/h5-6,11,16,19-20H,1-4H2;2*1H/t11-;;/m1../s1. The van der Waals surface area contributed by atoms with Gasteiger partial charge in [-0.05, 0) is 11.6 Å². The summed E-state index contributed by atoms with van der Waals surface area (Å²) >= 11 is 0. The summed E-state index contributed by atoms with van der Waals surface area (Å²) in [5.74, 6) is -2.00. The van der Waals surface area contributed by atoms with Crippen LogP contribution in [-0.2, 0) is 0 Å². The average molecular weight is 394 g/mol. The van der Waals surface area contributed by atoms with Crippen molar-refractivity contribution in [3.05, 3.63) is 27.8 Å². The van der Waals surface area contributed by atoms with Gasteiger partial charge in [0.2, 0.25) is 5.75 Å². The van der Waals surface area contributed by atoms with E-state index in [1.165, 1.54) is 0 Å². The zero-order valence-corrected chi connectivity index (χ0v) is 13.7. The number of nitrogens with one attached hydrogen (secondary N) is 1. The molecule has 0 radical (unpaired) electrons. The molecule has 0 unspecified atom stereocenters. The summed E-state index contributed by atoms with van der Waals surface area (Å²) in [5, 5.41) is 32.6. The molecule has 1 aliphatic heterocycles. The van der Waals surface area contributed by atoms with Crippen molar-refractivity contribution >= 4 is 30.5 Å². The Morgan fingerprint density at radius 2 is 1.75 bits per heavy atom. The Bertz CT molecular complexity index is 583. The SMILES string of the molecule is Cl.Cl.O=[N+]([O-])c1cc([C@@H](N2CCNCC2)C(F)(F)F)cc(O)c1O. The van der Waals surface area contributed by atoms with Gasteiger partial charge in [0.15, 0.2) is 5.75 Å². The van der Waals surface area contributed by atoms with Gasteiger partial charge in [-0.3, -0.25) is 15.0 Å². The van der Waals surface area contributed by atoms with E-state index >= 15 is 0 Å². The summed E-state index contributed by atoms with van der Waals surface area (Å²) in [6.07, 6.45) is -4.67. The first-order valence-electron chi connectivity index (χ1n) is 6.43. The van der Waals surface area contributed by atoms with Crippen molar-refractivity contribution in [3.8, 4) is 11.5 Å². The van der Waals surface area contributed by atoms with Crippen LogP contribution >= 0.6 is 24.8 Å². The topological polar surface area (TPSA) is 98.9 Å². The number of benzene rings is 1. The molecule has 24 heavy (non-hydrogen) atoms. The van der Waals surface area contributed by atoms with Crippen molar-refractivity contribution < 1.29 is 28.3 Å². The fourth-order valence-electron chi connectivity index (χ4n) is 2.47. The van der Waals surface area contributed by atoms with Crippen molar-refractivity contribution in [2.24, 2.45) is 0 Å². The minimum atomic E-state index is -4.67. The summed E-state index contributed by atoms with van der Waals surface area (Å²) in [4.78, 5) is 10.9. The number of phenolic OH excluding ortho intramolecular Hbond substituents is 2. The molecule has 1 fully saturated rings. The monoisotopic (exact) mass is 393 g/mol. The normalized spacial score (nSPS) is 16.6. The number of piperazine rings is 1. The number of nitrogens with zero attached hydrogens (tertiary/aromatic N) is 2. The molecule has 3 N–H and O–H groups in total. The van der Waals surface area contributed by atoms with Crippen LogP contribution in [0.4, 0.5) is 18.9 Å². The number of rotatable bonds is 3. The van der Waals surface area contributed by atoms with Crippen molar-refractivity contribution in [1.82, 2.24) is 10.2 Å². The van der Waals surface area contributed by atoms with Crippen molar-refractivity contribution in [1.29, 1.82) is 0 Å². The summed E-state index contributed by atoms with van der Waals surface area (Å²) < 4.78 is 40.1.